The zero-order valence-corrected chi connectivity index (χ0v) is 11.4. The van der Waals surface area contributed by atoms with E-state index >= 15 is 0 Å². The Balaban J connectivity index is 1.89. The van der Waals surface area contributed by atoms with Gasteiger partial charge in [-0.15, -0.1) is 0 Å². The van der Waals surface area contributed by atoms with Crippen molar-refractivity contribution in [2.45, 2.75) is 31.1 Å². The highest BCUT2D eigenvalue weighted by atomic mass is 16.5. The van der Waals surface area contributed by atoms with Crippen molar-refractivity contribution in [2.75, 3.05) is 13.7 Å². The molecule has 2 aromatic rings. The molecule has 0 bridgehead atoms. The molecule has 4 rings (SSSR count). The molecule has 0 spiro atoms. The molecule has 5 nitrogen and oxygen atoms in total. The zero-order valence-electron chi connectivity index (χ0n) is 11.4. The smallest absolute Gasteiger partial charge is 0.227 e. The number of fused-ring (bicyclic) bond motifs is 1. The fraction of sp³-hybridized carbons (Fsp3) is 0.467. The van der Waals surface area contributed by atoms with Gasteiger partial charge < -0.3 is 15.0 Å². The van der Waals surface area contributed by atoms with Crippen molar-refractivity contribution in [2.24, 2.45) is 0 Å². The first-order chi connectivity index (χ1) is 9.78. The van der Waals surface area contributed by atoms with Gasteiger partial charge in [0.05, 0.1) is 18.5 Å². The first-order valence-electron chi connectivity index (χ1n) is 7.12. The van der Waals surface area contributed by atoms with Gasteiger partial charge in [0, 0.05) is 12.5 Å². The monoisotopic (exact) mass is 271 g/mol. The minimum Gasteiger partial charge on any atom is -0.494 e. The molecule has 0 radical (unpaired) electrons. The average molecular weight is 271 g/mol. The minimum atomic E-state index is -0.0845. The summed E-state index contributed by atoms with van der Waals surface area (Å²) in [5.74, 6) is 2.40. The molecular weight excluding hydrogens is 254 g/mol. The summed E-state index contributed by atoms with van der Waals surface area (Å²) in [6.07, 6.45) is 3.23. The molecule has 2 aliphatic rings. The first-order valence-corrected chi connectivity index (χ1v) is 7.12. The normalized spacial score (nSPS) is 22.2. The second kappa shape index (κ2) is 4.23. The van der Waals surface area contributed by atoms with Crippen LogP contribution >= 0.6 is 0 Å². The van der Waals surface area contributed by atoms with Crippen LogP contribution in [-0.2, 0) is 4.79 Å². The summed E-state index contributed by atoms with van der Waals surface area (Å²) in [4.78, 5) is 20.1. The number of H-pyrrole nitrogens is 1. The van der Waals surface area contributed by atoms with Crippen LogP contribution in [0.25, 0.3) is 11.0 Å². The number of carbonyl (C=O) groups is 1. The Morgan fingerprint density at radius 2 is 2.15 bits per heavy atom. The van der Waals surface area contributed by atoms with Crippen LogP contribution in [0.1, 0.15) is 42.5 Å². The number of ether oxygens (including phenoxy) is 1. The molecular formula is C15H17N3O2. The average Bonchev–Trinajstić information content (AvgIpc) is 3.07. The highest BCUT2D eigenvalue weighted by Crippen LogP contribution is 2.41. The minimum absolute atomic E-state index is 0.0845. The Morgan fingerprint density at radius 1 is 1.30 bits per heavy atom. The van der Waals surface area contributed by atoms with Crippen LogP contribution in [0.5, 0.6) is 5.75 Å². The number of rotatable bonds is 3. The molecule has 1 aliphatic heterocycles. The predicted molar refractivity (Wildman–Crippen MR) is 75.0 cm³/mol. The van der Waals surface area contributed by atoms with E-state index in [-0.39, 0.29) is 11.8 Å². The number of nitrogens with zero attached hydrogens (tertiary/aromatic N) is 1. The number of amides is 1. The van der Waals surface area contributed by atoms with Crippen LogP contribution < -0.4 is 10.1 Å². The SMILES string of the molecule is COc1ccc(C2CCNC2=O)c2nc(C3CC3)[nH]c12. The topological polar surface area (TPSA) is 67.0 Å². The highest BCUT2D eigenvalue weighted by Gasteiger charge is 2.31. The lowest BCUT2D eigenvalue weighted by Crippen LogP contribution is -2.18. The van der Waals surface area contributed by atoms with Crippen molar-refractivity contribution in [3.8, 4) is 5.75 Å². The maximum Gasteiger partial charge on any atom is 0.227 e. The Labute approximate surface area is 116 Å². The third-order valence-corrected chi connectivity index (χ3v) is 4.26. The van der Waals surface area contributed by atoms with E-state index in [1.165, 1.54) is 12.8 Å². The summed E-state index contributed by atoms with van der Waals surface area (Å²) < 4.78 is 5.41. The van der Waals surface area contributed by atoms with Crippen LogP contribution in [0.4, 0.5) is 0 Å². The quantitative estimate of drug-likeness (QED) is 0.898. The van der Waals surface area contributed by atoms with Crippen LogP contribution in [0, 0.1) is 0 Å². The second-order valence-corrected chi connectivity index (χ2v) is 5.61. The Hall–Kier alpha value is -2.04. The number of carbonyl (C=O) groups excluding carboxylic acids is 1. The molecule has 1 amide bonds. The number of imidazole rings is 1. The summed E-state index contributed by atoms with van der Waals surface area (Å²) in [6.45, 7) is 0.747. The molecule has 2 fully saturated rings. The van der Waals surface area contributed by atoms with Gasteiger partial charge in [0.25, 0.3) is 0 Å². The van der Waals surface area contributed by atoms with Crippen LogP contribution in [-0.4, -0.2) is 29.5 Å². The summed E-state index contributed by atoms with van der Waals surface area (Å²) in [6, 6.07) is 3.91. The van der Waals surface area contributed by atoms with Crippen LogP contribution in [0.2, 0.25) is 0 Å². The van der Waals surface area contributed by atoms with E-state index in [4.69, 9.17) is 9.72 Å². The lowest BCUT2D eigenvalue weighted by molar-refractivity contribution is -0.120. The maximum atomic E-state index is 11.9. The summed E-state index contributed by atoms with van der Waals surface area (Å²) in [7, 11) is 1.66. The highest BCUT2D eigenvalue weighted by molar-refractivity contribution is 5.93. The van der Waals surface area contributed by atoms with E-state index in [0.29, 0.717) is 5.92 Å². The van der Waals surface area contributed by atoms with Crippen LogP contribution in [0.3, 0.4) is 0 Å². The lowest BCUT2D eigenvalue weighted by Gasteiger charge is -2.09. The molecule has 1 unspecified atom stereocenters. The van der Waals surface area contributed by atoms with E-state index in [1.807, 2.05) is 12.1 Å². The van der Waals surface area contributed by atoms with Gasteiger partial charge in [-0.3, -0.25) is 4.79 Å². The van der Waals surface area contributed by atoms with Gasteiger partial charge in [0.2, 0.25) is 5.91 Å². The number of hydrogen-bond donors (Lipinski definition) is 2. The molecule has 1 aliphatic carbocycles. The number of hydrogen-bond acceptors (Lipinski definition) is 3. The van der Waals surface area contributed by atoms with E-state index in [2.05, 4.69) is 10.3 Å². The van der Waals surface area contributed by atoms with E-state index in [1.54, 1.807) is 7.11 Å². The standard InChI is InChI=1S/C15H17N3O2/c1-20-11-5-4-9(10-6-7-16-15(10)19)12-13(11)18-14(17-12)8-2-3-8/h4-5,8,10H,2-3,6-7H2,1H3,(H,16,19)(H,17,18). The summed E-state index contributed by atoms with van der Waals surface area (Å²) in [5, 5.41) is 2.90. The fourth-order valence-corrected chi connectivity index (χ4v) is 3.00. The Kier molecular flexibility index (Phi) is 2.49. The van der Waals surface area contributed by atoms with Crippen molar-refractivity contribution in [3.05, 3.63) is 23.5 Å². The van der Waals surface area contributed by atoms with Gasteiger partial charge in [-0.1, -0.05) is 6.07 Å². The molecule has 2 N–H and O–H groups in total. The van der Waals surface area contributed by atoms with Gasteiger partial charge in [-0.05, 0) is 30.9 Å². The lowest BCUT2D eigenvalue weighted by atomic mass is 9.96. The molecule has 1 aromatic heterocycles. The molecule has 1 aromatic carbocycles. The van der Waals surface area contributed by atoms with Gasteiger partial charge in [0.1, 0.15) is 17.1 Å². The molecule has 1 saturated heterocycles. The van der Waals surface area contributed by atoms with Crippen molar-refractivity contribution in [3.63, 3.8) is 0 Å². The summed E-state index contributed by atoms with van der Waals surface area (Å²) >= 11 is 0. The van der Waals surface area contributed by atoms with Crippen molar-refractivity contribution >= 4 is 16.9 Å². The van der Waals surface area contributed by atoms with Gasteiger partial charge in [-0.25, -0.2) is 4.98 Å². The van der Waals surface area contributed by atoms with Crippen molar-refractivity contribution in [1.29, 1.82) is 0 Å². The number of aromatic amines is 1. The predicted octanol–water partition coefficient (Wildman–Crippen LogP) is 2.05. The van der Waals surface area contributed by atoms with E-state index < -0.39 is 0 Å². The molecule has 5 heteroatoms. The van der Waals surface area contributed by atoms with Gasteiger partial charge >= 0.3 is 0 Å². The maximum absolute atomic E-state index is 11.9. The van der Waals surface area contributed by atoms with E-state index in [9.17, 15) is 4.79 Å². The van der Waals surface area contributed by atoms with E-state index in [0.717, 1.165) is 41.1 Å². The number of nitrogens with one attached hydrogen (secondary N) is 2. The largest absolute Gasteiger partial charge is 0.494 e. The molecule has 2 heterocycles. The van der Waals surface area contributed by atoms with Gasteiger partial charge in [0.15, 0.2) is 0 Å². The third kappa shape index (κ3) is 1.69. The Bertz CT molecular complexity index is 688. The van der Waals surface area contributed by atoms with Crippen molar-refractivity contribution in [1.82, 2.24) is 15.3 Å². The van der Waals surface area contributed by atoms with Crippen molar-refractivity contribution < 1.29 is 9.53 Å². The second-order valence-electron chi connectivity index (χ2n) is 5.61. The molecule has 1 atom stereocenters. The first kappa shape index (κ1) is 11.8. The zero-order chi connectivity index (χ0) is 13.7. The number of aromatic nitrogens is 2. The third-order valence-electron chi connectivity index (χ3n) is 4.26. The Morgan fingerprint density at radius 3 is 2.80 bits per heavy atom. The molecule has 20 heavy (non-hydrogen) atoms. The summed E-state index contributed by atoms with van der Waals surface area (Å²) in [5.41, 5.74) is 2.83. The van der Waals surface area contributed by atoms with Gasteiger partial charge in [-0.2, -0.15) is 0 Å². The number of methoxy groups -OCH3 is 1. The van der Waals surface area contributed by atoms with Crippen LogP contribution in [0.15, 0.2) is 12.1 Å². The molecule has 1 saturated carbocycles. The number of benzene rings is 1. The molecule has 104 valence electrons. The fourth-order valence-electron chi connectivity index (χ4n) is 3.00.